The Kier molecular flexibility index (Phi) is 6.63. The molecule has 2 aliphatic rings. The second-order valence-electron chi connectivity index (χ2n) is 10.6. The number of aromatic nitrogens is 1. The number of hydrogen-bond acceptors (Lipinski definition) is 4. The van der Waals surface area contributed by atoms with Crippen molar-refractivity contribution in [3.8, 4) is 0 Å². The molecule has 2 N–H and O–H groups in total. The fourth-order valence-electron chi connectivity index (χ4n) is 6.22. The first kappa shape index (κ1) is 26.1. The summed E-state index contributed by atoms with van der Waals surface area (Å²) in [4.78, 5) is 30.6. The SMILES string of the molecule is Cc1ncccc1NC(=O)c1ccc2c(c1)C(=O)CCC1CC(O)(C(F)(F)F)CCC21Cc1ccccc1. The molecule has 5 nitrogen and oxygen atoms in total. The topological polar surface area (TPSA) is 79.3 Å². The van der Waals surface area contributed by atoms with E-state index in [1.165, 1.54) is 0 Å². The molecule has 0 aliphatic heterocycles. The summed E-state index contributed by atoms with van der Waals surface area (Å²) in [7, 11) is 0. The molecule has 3 atom stereocenters. The predicted octanol–water partition coefficient (Wildman–Crippen LogP) is 6.19. The van der Waals surface area contributed by atoms with Crippen LogP contribution in [0.5, 0.6) is 0 Å². The highest BCUT2D eigenvalue weighted by atomic mass is 19.4. The van der Waals surface area contributed by atoms with Gasteiger partial charge in [-0.2, -0.15) is 13.2 Å². The Morgan fingerprint density at radius 1 is 1.11 bits per heavy atom. The average Bonchev–Trinajstić information content (AvgIpc) is 3.00. The summed E-state index contributed by atoms with van der Waals surface area (Å²) in [5.41, 5.74) is -0.0972. The lowest BCUT2D eigenvalue weighted by molar-refractivity contribution is -0.279. The molecule has 5 rings (SSSR count). The van der Waals surface area contributed by atoms with E-state index in [0.717, 1.165) is 5.56 Å². The van der Waals surface area contributed by atoms with E-state index in [2.05, 4.69) is 10.3 Å². The van der Waals surface area contributed by atoms with Gasteiger partial charge in [0.05, 0.1) is 11.4 Å². The molecule has 1 fully saturated rings. The van der Waals surface area contributed by atoms with Gasteiger partial charge in [-0.25, -0.2) is 0 Å². The number of aryl methyl sites for hydroxylation is 1. The van der Waals surface area contributed by atoms with Crippen molar-refractivity contribution >= 4 is 17.4 Å². The molecule has 2 aliphatic carbocycles. The zero-order chi connectivity index (χ0) is 27.1. The highest BCUT2D eigenvalue weighted by Crippen LogP contribution is 2.56. The number of anilines is 1. The Morgan fingerprint density at radius 3 is 2.58 bits per heavy atom. The minimum absolute atomic E-state index is 0.0505. The van der Waals surface area contributed by atoms with Gasteiger partial charge in [0.2, 0.25) is 0 Å². The van der Waals surface area contributed by atoms with E-state index in [1.807, 2.05) is 30.3 Å². The van der Waals surface area contributed by atoms with E-state index in [0.29, 0.717) is 28.9 Å². The van der Waals surface area contributed by atoms with Gasteiger partial charge in [-0.15, -0.1) is 0 Å². The van der Waals surface area contributed by atoms with Crippen LogP contribution in [0.4, 0.5) is 18.9 Å². The fraction of sp³-hybridized carbons (Fsp3) is 0.367. The normalized spacial score (nSPS) is 25.2. The second-order valence-corrected chi connectivity index (χ2v) is 10.6. The van der Waals surface area contributed by atoms with Crippen molar-refractivity contribution in [3.63, 3.8) is 0 Å². The Hall–Kier alpha value is -3.52. The lowest BCUT2D eigenvalue weighted by Crippen LogP contribution is -2.55. The van der Waals surface area contributed by atoms with E-state index in [-0.39, 0.29) is 30.6 Å². The van der Waals surface area contributed by atoms with Crippen LogP contribution in [-0.2, 0) is 11.8 Å². The van der Waals surface area contributed by atoms with Gasteiger partial charge in [-0.05, 0) is 80.3 Å². The van der Waals surface area contributed by atoms with E-state index in [1.54, 1.807) is 43.5 Å². The maximum atomic E-state index is 13.9. The molecule has 198 valence electrons. The second kappa shape index (κ2) is 9.66. The number of fused-ring (bicyclic) bond motifs is 3. The number of rotatable bonds is 4. The van der Waals surface area contributed by atoms with Gasteiger partial charge in [0.25, 0.3) is 5.91 Å². The van der Waals surface area contributed by atoms with Crippen molar-refractivity contribution in [2.45, 2.75) is 62.6 Å². The molecule has 1 heterocycles. The molecule has 1 aromatic heterocycles. The van der Waals surface area contributed by atoms with Crippen LogP contribution < -0.4 is 5.32 Å². The summed E-state index contributed by atoms with van der Waals surface area (Å²) >= 11 is 0. The number of nitrogens with one attached hydrogen (secondary N) is 1. The van der Waals surface area contributed by atoms with Crippen LogP contribution in [0.1, 0.15) is 69.6 Å². The van der Waals surface area contributed by atoms with Crippen LogP contribution in [0.15, 0.2) is 66.9 Å². The molecule has 0 spiro atoms. The number of benzene rings is 2. The van der Waals surface area contributed by atoms with E-state index < -0.39 is 41.9 Å². The quantitative estimate of drug-likeness (QED) is 0.428. The van der Waals surface area contributed by atoms with E-state index in [9.17, 15) is 27.9 Å². The van der Waals surface area contributed by atoms with Crippen molar-refractivity contribution in [1.82, 2.24) is 4.98 Å². The lowest BCUT2D eigenvalue weighted by atomic mass is 9.56. The lowest BCUT2D eigenvalue weighted by Gasteiger charge is -2.50. The minimum atomic E-state index is -4.75. The van der Waals surface area contributed by atoms with Crippen molar-refractivity contribution in [3.05, 3.63) is 94.8 Å². The largest absolute Gasteiger partial charge is 0.417 e. The summed E-state index contributed by atoms with van der Waals surface area (Å²) in [5.74, 6) is -1.17. The summed E-state index contributed by atoms with van der Waals surface area (Å²) < 4.78 is 41.7. The third kappa shape index (κ3) is 4.62. The number of halogens is 3. The number of hydrogen-bond donors (Lipinski definition) is 2. The first-order valence-electron chi connectivity index (χ1n) is 12.8. The standard InChI is InChI=1S/C30H29F3N2O3/c1-19-25(8-5-15-34-19)35-27(37)21-9-11-24-23(16-21)26(36)12-10-22-18-29(38,30(31,32)33)14-13-28(22,24)17-20-6-3-2-4-7-20/h2-9,11,15-16,22,38H,10,12-14,17-18H2,1H3,(H,35,37). The molecule has 2 aromatic carbocycles. The number of carbonyl (C=O) groups excluding carboxylic acids is 2. The van der Waals surface area contributed by atoms with Crippen molar-refractivity contribution in [2.75, 3.05) is 5.32 Å². The molecule has 1 amide bonds. The summed E-state index contributed by atoms with van der Waals surface area (Å²) in [5, 5.41) is 13.5. The van der Waals surface area contributed by atoms with E-state index in [4.69, 9.17) is 0 Å². The number of Topliss-reactive ketones (excluding diaryl/α,β-unsaturated/α-hetero) is 1. The number of amides is 1. The number of carbonyl (C=O) groups is 2. The van der Waals surface area contributed by atoms with Gasteiger partial charge in [0.15, 0.2) is 11.4 Å². The van der Waals surface area contributed by atoms with Gasteiger partial charge in [0, 0.05) is 29.2 Å². The van der Waals surface area contributed by atoms with Crippen molar-refractivity contribution < 1.29 is 27.9 Å². The molecule has 0 bridgehead atoms. The fourth-order valence-corrected chi connectivity index (χ4v) is 6.22. The first-order valence-corrected chi connectivity index (χ1v) is 12.8. The summed E-state index contributed by atoms with van der Waals surface area (Å²) in [6.07, 6.45) is -3.24. The molecule has 0 saturated heterocycles. The summed E-state index contributed by atoms with van der Waals surface area (Å²) in [6.45, 7) is 1.77. The van der Waals surface area contributed by atoms with Gasteiger partial charge >= 0.3 is 6.18 Å². The number of pyridine rings is 1. The number of alkyl halides is 3. The highest BCUT2D eigenvalue weighted by Gasteiger charge is 2.61. The van der Waals surface area contributed by atoms with Crippen LogP contribution in [0.2, 0.25) is 0 Å². The molecule has 38 heavy (non-hydrogen) atoms. The van der Waals surface area contributed by atoms with Crippen molar-refractivity contribution in [2.24, 2.45) is 5.92 Å². The molecule has 0 radical (unpaired) electrons. The zero-order valence-electron chi connectivity index (χ0n) is 21.0. The van der Waals surface area contributed by atoms with Crippen LogP contribution in [0.25, 0.3) is 0 Å². The predicted molar refractivity (Wildman–Crippen MR) is 137 cm³/mol. The maximum absolute atomic E-state index is 13.9. The Bertz CT molecular complexity index is 1370. The molecular formula is C30H29F3N2O3. The molecule has 3 aromatic rings. The zero-order valence-corrected chi connectivity index (χ0v) is 21.0. The molecule has 1 saturated carbocycles. The number of nitrogens with zero attached hydrogens (tertiary/aromatic N) is 1. The summed E-state index contributed by atoms with van der Waals surface area (Å²) in [6, 6.07) is 17.9. The Labute approximate surface area is 219 Å². The first-order chi connectivity index (χ1) is 18.0. The number of ketones is 1. The minimum Gasteiger partial charge on any atom is -0.380 e. The van der Waals surface area contributed by atoms with Gasteiger partial charge < -0.3 is 10.4 Å². The monoisotopic (exact) mass is 522 g/mol. The van der Waals surface area contributed by atoms with Crippen molar-refractivity contribution in [1.29, 1.82) is 0 Å². The van der Waals surface area contributed by atoms with Gasteiger partial charge in [-0.3, -0.25) is 14.6 Å². The third-order valence-electron chi connectivity index (χ3n) is 8.33. The smallest absolute Gasteiger partial charge is 0.380 e. The Balaban J connectivity index is 1.58. The van der Waals surface area contributed by atoms with Gasteiger partial charge in [0.1, 0.15) is 0 Å². The van der Waals surface area contributed by atoms with Crippen LogP contribution in [0, 0.1) is 12.8 Å². The van der Waals surface area contributed by atoms with Crippen LogP contribution in [0.3, 0.4) is 0 Å². The highest BCUT2D eigenvalue weighted by molar-refractivity contribution is 6.07. The van der Waals surface area contributed by atoms with Crippen LogP contribution in [-0.4, -0.2) is 33.6 Å². The maximum Gasteiger partial charge on any atom is 0.417 e. The third-order valence-corrected chi connectivity index (χ3v) is 8.33. The van der Waals surface area contributed by atoms with Crippen LogP contribution >= 0.6 is 0 Å². The Morgan fingerprint density at radius 2 is 1.87 bits per heavy atom. The average molecular weight is 523 g/mol. The van der Waals surface area contributed by atoms with Gasteiger partial charge in [-0.1, -0.05) is 36.4 Å². The molecule has 3 unspecified atom stereocenters. The van der Waals surface area contributed by atoms with E-state index >= 15 is 0 Å². The molecule has 8 heteroatoms. The number of aliphatic hydroxyl groups is 1. The molecular weight excluding hydrogens is 493 g/mol.